The van der Waals surface area contributed by atoms with Gasteiger partial charge in [0.2, 0.25) is 0 Å². The van der Waals surface area contributed by atoms with Crippen LogP contribution < -0.4 is 10.2 Å². The van der Waals surface area contributed by atoms with Gasteiger partial charge in [-0.15, -0.1) is 0 Å². The SMILES string of the molecule is Cc1cc(I)cc(C)c1OCC(=O)N/N=C\c1ccco1. The number of carbonyl (C=O) groups is 1. The molecule has 1 heterocycles. The van der Waals surface area contributed by atoms with Crippen molar-refractivity contribution in [3.63, 3.8) is 0 Å². The molecule has 0 spiro atoms. The molecule has 6 heteroatoms. The highest BCUT2D eigenvalue weighted by atomic mass is 127. The van der Waals surface area contributed by atoms with E-state index in [4.69, 9.17) is 9.15 Å². The minimum absolute atomic E-state index is 0.0855. The van der Waals surface area contributed by atoms with E-state index in [1.165, 1.54) is 12.5 Å². The molecule has 0 atom stereocenters. The first-order valence-corrected chi connectivity index (χ1v) is 7.39. The van der Waals surface area contributed by atoms with E-state index in [9.17, 15) is 4.79 Å². The second kappa shape index (κ2) is 7.26. The zero-order chi connectivity index (χ0) is 15.2. The Hall–Kier alpha value is -1.83. The fourth-order valence-corrected chi connectivity index (χ4v) is 2.76. The third kappa shape index (κ3) is 4.59. The van der Waals surface area contributed by atoms with Crippen LogP contribution in [-0.2, 0) is 4.79 Å². The van der Waals surface area contributed by atoms with Crippen LogP contribution in [0.2, 0.25) is 0 Å². The normalized spacial score (nSPS) is 10.8. The molecular weight excluding hydrogens is 383 g/mol. The predicted molar refractivity (Wildman–Crippen MR) is 88.6 cm³/mol. The number of hydrogen-bond donors (Lipinski definition) is 1. The number of aryl methyl sites for hydroxylation is 2. The maximum absolute atomic E-state index is 11.7. The molecule has 2 aromatic rings. The van der Waals surface area contributed by atoms with Crippen LogP contribution in [0.15, 0.2) is 40.0 Å². The summed E-state index contributed by atoms with van der Waals surface area (Å²) in [5.74, 6) is 0.983. The molecule has 0 saturated carbocycles. The lowest BCUT2D eigenvalue weighted by atomic mass is 10.1. The molecule has 1 N–H and O–H groups in total. The maximum Gasteiger partial charge on any atom is 0.277 e. The third-order valence-electron chi connectivity index (χ3n) is 2.70. The zero-order valence-electron chi connectivity index (χ0n) is 11.7. The Morgan fingerprint density at radius 1 is 1.43 bits per heavy atom. The van der Waals surface area contributed by atoms with Crippen molar-refractivity contribution in [2.45, 2.75) is 13.8 Å². The van der Waals surface area contributed by atoms with Crippen LogP contribution in [0.1, 0.15) is 16.9 Å². The summed E-state index contributed by atoms with van der Waals surface area (Å²) >= 11 is 2.25. The summed E-state index contributed by atoms with van der Waals surface area (Å²) < 4.78 is 11.8. The van der Waals surface area contributed by atoms with E-state index in [2.05, 4.69) is 33.1 Å². The minimum Gasteiger partial charge on any atom is -0.483 e. The van der Waals surface area contributed by atoms with Crippen molar-refractivity contribution < 1.29 is 13.9 Å². The second-order valence-electron chi connectivity index (χ2n) is 4.47. The monoisotopic (exact) mass is 398 g/mol. The molecule has 0 aliphatic carbocycles. The molecular formula is C15H15IN2O3. The van der Waals surface area contributed by atoms with Gasteiger partial charge in [0, 0.05) is 3.57 Å². The first-order chi connectivity index (χ1) is 10.1. The van der Waals surface area contributed by atoms with Gasteiger partial charge in [0.15, 0.2) is 6.61 Å². The number of halogens is 1. The highest BCUT2D eigenvalue weighted by Gasteiger charge is 2.08. The number of hydrogen-bond acceptors (Lipinski definition) is 4. The van der Waals surface area contributed by atoms with Gasteiger partial charge in [0.25, 0.3) is 5.91 Å². The van der Waals surface area contributed by atoms with E-state index < -0.39 is 0 Å². The molecule has 0 radical (unpaired) electrons. The molecule has 2 rings (SSSR count). The van der Waals surface area contributed by atoms with Gasteiger partial charge in [0.05, 0.1) is 12.5 Å². The number of nitrogens with one attached hydrogen (secondary N) is 1. The fourth-order valence-electron chi connectivity index (χ4n) is 1.83. The Morgan fingerprint density at radius 3 is 2.76 bits per heavy atom. The van der Waals surface area contributed by atoms with Gasteiger partial charge < -0.3 is 9.15 Å². The van der Waals surface area contributed by atoms with Crippen LogP contribution in [-0.4, -0.2) is 18.7 Å². The van der Waals surface area contributed by atoms with Gasteiger partial charge in [-0.25, -0.2) is 5.43 Å². The van der Waals surface area contributed by atoms with Gasteiger partial charge in [0.1, 0.15) is 11.5 Å². The van der Waals surface area contributed by atoms with Crippen molar-refractivity contribution in [1.29, 1.82) is 0 Å². The van der Waals surface area contributed by atoms with Crippen LogP contribution in [0, 0.1) is 17.4 Å². The van der Waals surface area contributed by atoms with Crippen molar-refractivity contribution in [3.8, 4) is 5.75 Å². The summed E-state index contributed by atoms with van der Waals surface area (Å²) in [5.41, 5.74) is 4.40. The summed E-state index contributed by atoms with van der Waals surface area (Å²) in [5, 5.41) is 3.79. The summed E-state index contributed by atoms with van der Waals surface area (Å²) in [4.78, 5) is 11.7. The van der Waals surface area contributed by atoms with Crippen LogP contribution in [0.5, 0.6) is 5.75 Å². The Bertz CT molecular complexity index is 628. The standard InChI is InChI=1S/C15H15IN2O3/c1-10-6-12(16)7-11(2)15(10)21-9-14(19)18-17-8-13-4-3-5-20-13/h3-8H,9H2,1-2H3,(H,18,19)/b17-8-. The van der Waals surface area contributed by atoms with Gasteiger partial charge in [-0.3, -0.25) is 4.79 Å². The van der Waals surface area contributed by atoms with Crippen molar-refractivity contribution >= 4 is 34.7 Å². The average Bonchev–Trinajstić information content (AvgIpc) is 2.90. The lowest BCUT2D eigenvalue weighted by Gasteiger charge is -2.11. The lowest BCUT2D eigenvalue weighted by molar-refractivity contribution is -0.123. The van der Waals surface area contributed by atoms with Gasteiger partial charge >= 0.3 is 0 Å². The first-order valence-electron chi connectivity index (χ1n) is 6.31. The summed E-state index contributed by atoms with van der Waals surface area (Å²) in [6.45, 7) is 3.83. The van der Waals surface area contributed by atoms with Crippen molar-refractivity contribution in [2.24, 2.45) is 5.10 Å². The predicted octanol–water partition coefficient (Wildman–Crippen LogP) is 3.03. The third-order valence-corrected chi connectivity index (χ3v) is 3.32. The van der Waals surface area contributed by atoms with Crippen LogP contribution >= 0.6 is 22.6 Å². The molecule has 1 aromatic carbocycles. The summed E-state index contributed by atoms with van der Waals surface area (Å²) in [6.07, 6.45) is 2.97. The van der Waals surface area contributed by atoms with Gasteiger partial charge in [-0.2, -0.15) is 5.10 Å². The summed E-state index contributed by atoms with van der Waals surface area (Å²) in [7, 11) is 0. The molecule has 5 nitrogen and oxygen atoms in total. The Kier molecular flexibility index (Phi) is 5.38. The number of ether oxygens (including phenoxy) is 1. The molecule has 0 bridgehead atoms. The smallest absolute Gasteiger partial charge is 0.277 e. The average molecular weight is 398 g/mol. The van der Waals surface area contributed by atoms with Crippen molar-refractivity contribution in [3.05, 3.63) is 51.0 Å². The topological polar surface area (TPSA) is 63.8 Å². The van der Waals surface area contributed by atoms with Gasteiger partial charge in [-0.05, 0) is 71.8 Å². The molecule has 110 valence electrons. The molecule has 1 aromatic heterocycles. The second-order valence-corrected chi connectivity index (χ2v) is 5.71. The number of nitrogens with zero attached hydrogens (tertiary/aromatic N) is 1. The minimum atomic E-state index is -0.324. The molecule has 0 saturated heterocycles. The lowest BCUT2D eigenvalue weighted by Crippen LogP contribution is -2.25. The molecule has 0 aliphatic rings. The van der Waals surface area contributed by atoms with E-state index in [1.54, 1.807) is 12.1 Å². The number of benzene rings is 1. The van der Waals surface area contributed by atoms with E-state index in [-0.39, 0.29) is 12.5 Å². The first kappa shape index (κ1) is 15.6. The molecule has 21 heavy (non-hydrogen) atoms. The van der Waals surface area contributed by atoms with E-state index in [0.717, 1.165) is 20.4 Å². The quantitative estimate of drug-likeness (QED) is 0.479. The molecule has 1 amide bonds. The van der Waals surface area contributed by atoms with Crippen molar-refractivity contribution in [1.82, 2.24) is 5.43 Å². The molecule has 0 fully saturated rings. The zero-order valence-corrected chi connectivity index (χ0v) is 13.9. The molecule has 0 aliphatic heterocycles. The van der Waals surface area contributed by atoms with E-state index >= 15 is 0 Å². The van der Waals surface area contributed by atoms with E-state index in [0.29, 0.717) is 5.76 Å². The summed E-state index contributed by atoms with van der Waals surface area (Å²) in [6, 6.07) is 7.50. The Morgan fingerprint density at radius 2 is 2.14 bits per heavy atom. The van der Waals surface area contributed by atoms with Crippen LogP contribution in [0.4, 0.5) is 0 Å². The highest BCUT2D eigenvalue weighted by molar-refractivity contribution is 14.1. The van der Waals surface area contributed by atoms with Crippen molar-refractivity contribution in [2.75, 3.05) is 6.61 Å². The number of rotatable bonds is 5. The Labute approximate surface area is 136 Å². The number of amides is 1. The number of carbonyl (C=O) groups excluding carboxylic acids is 1. The highest BCUT2D eigenvalue weighted by Crippen LogP contribution is 2.25. The maximum atomic E-state index is 11.7. The van der Waals surface area contributed by atoms with Gasteiger partial charge in [-0.1, -0.05) is 0 Å². The number of hydrazone groups is 1. The van der Waals surface area contributed by atoms with Crippen LogP contribution in [0.25, 0.3) is 0 Å². The van der Waals surface area contributed by atoms with E-state index in [1.807, 2.05) is 26.0 Å². The fraction of sp³-hybridized carbons (Fsp3) is 0.200. The molecule has 0 unspecified atom stereocenters. The van der Waals surface area contributed by atoms with Crippen LogP contribution in [0.3, 0.4) is 0 Å². The Balaban J connectivity index is 1.87. The number of furan rings is 1. The largest absolute Gasteiger partial charge is 0.483 e.